The fourth-order valence-corrected chi connectivity index (χ4v) is 7.66. The maximum atomic E-state index is 10.1. The van der Waals surface area contributed by atoms with Crippen LogP contribution in [0.2, 0.25) is 0 Å². The summed E-state index contributed by atoms with van der Waals surface area (Å²) in [4.78, 5) is 0. The van der Waals surface area contributed by atoms with Crippen molar-refractivity contribution in [2.45, 2.75) is 283 Å². The van der Waals surface area contributed by atoms with Gasteiger partial charge in [0, 0.05) is 0 Å². The van der Waals surface area contributed by atoms with Gasteiger partial charge in [0.25, 0.3) is 0 Å². The molecule has 300 valence electrons. The van der Waals surface area contributed by atoms with E-state index in [0.717, 1.165) is 25.7 Å². The van der Waals surface area contributed by atoms with Gasteiger partial charge in [-0.2, -0.15) is 0 Å². The Morgan fingerprint density at radius 3 is 0.860 bits per heavy atom. The summed E-state index contributed by atoms with van der Waals surface area (Å²) in [7, 11) is 0. The molecular weight excluding hydrogens is 624 g/mol. The van der Waals surface area contributed by atoms with Crippen molar-refractivity contribution in [2.24, 2.45) is 0 Å². The molecule has 2 rings (SSSR count). The van der Waals surface area contributed by atoms with E-state index >= 15 is 0 Å². The molecule has 2 saturated heterocycles. The van der Waals surface area contributed by atoms with Crippen LogP contribution in [0.3, 0.4) is 0 Å². The maximum absolute atomic E-state index is 10.1. The minimum Gasteiger partial charge on any atom is -0.390 e. The second-order valence-electron chi connectivity index (χ2n) is 16.6. The lowest BCUT2D eigenvalue weighted by atomic mass is 9.99. The highest BCUT2D eigenvalue weighted by molar-refractivity contribution is 4.87. The Morgan fingerprint density at radius 2 is 0.620 bits per heavy atom. The molecule has 6 nitrogen and oxygen atoms in total. The predicted octanol–water partition coefficient (Wildman–Crippen LogP) is 12.7. The first-order valence-electron chi connectivity index (χ1n) is 22.1. The third-order valence-electron chi connectivity index (χ3n) is 10.7. The molecule has 2 fully saturated rings. The summed E-state index contributed by atoms with van der Waals surface area (Å²) in [5.41, 5.74) is 0. The van der Waals surface area contributed by atoms with E-state index < -0.39 is 23.8 Å². The van der Waals surface area contributed by atoms with Crippen LogP contribution in [0.5, 0.6) is 0 Å². The SMILES string of the molecule is CCCCCCCCCCCCCC[C@H]1OC(C)(C)O[C@H]1[C@@H](O)CC.CCCCCCCCCCCCCC[C@H]1OC(C)(C)O[C@H]1[C@@H](O)CC. The summed E-state index contributed by atoms with van der Waals surface area (Å²) in [5, 5.41) is 20.3. The van der Waals surface area contributed by atoms with Gasteiger partial charge in [0.05, 0.1) is 24.4 Å². The van der Waals surface area contributed by atoms with Crippen LogP contribution in [0, 0.1) is 0 Å². The molecule has 0 aromatic rings. The lowest BCUT2D eigenvalue weighted by Gasteiger charge is -2.21. The van der Waals surface area contributed by atoms with Crippen molar-refractivity contribution in [3.8, 4) is 0 Å². The quantitative estimate of drug-likeness (QED) is 0.0722. The number of aliphatic hydroxyl groups excluding tert-OH is 2. The highest BCUT2D eigenvalue weighted by atomic mass is 16.8. The average Bonchev–Trinajstić information content (AvgIpc) is 3.58. The molecule has 0 saturated carbocycles. The fraction of sp³-hybridized carbons (Fsp3) is 1.00. The molecule has 0 aliphatic carbocycles. The summed E-state index contributed by atoms with van der Waals surface area (Å²) >= 11 is 0. The standard InChI is InChI=1S/2C22H44O3/c2*1-5-7-8-9-10-11-12-13-14-15-16-17-18-20-21(19(23)6-2)25-22(3,4)24-20/h2*19-21,23H,5-18H2,1-4H3/t2*19-,20+,21-/m00/s1. The molecule has 0 unspecified atom stereocenters. The van der Waals surface area contributed by atoms with Crippen LogP contribution in [0.15, 0.2) is 0 Å². The van der Waals surface area contributed by atoms with Crippen LogP contribution in [0.4, 0.5) is 0 Å². The number of unbranched alkanes of at least 4 members (excludes halogenated alkanes) is 22. The Hall–Kier alpha value is -0.240. The van der Waals surface area contributed by atoms with E-state index in [1.165, 1.54) is 154 Å². The Bertz CT molecular complexity index is 695. The van der Waals surface area contributed by atoms with Crippen LogP contribution in [-0.4, -0.2) is 58.4 Å². The van der Waals surface area contributed by atoms with E-state index in [-0.39, 0.29) is 24.4 Å². The van der Waals surface area contributed by atoms with Crippen molar-refractivity contribution < 1.29 is 29.2 Å². The van der Waals surface area contributed by atoms with E-state index in [9.17, 15) is 10.2 Å². The summed E-state index contributed by atoms with van der Waals surface area (Å²) in [6.45, 7) is 16.3. The zero-order valence-electron chi connectivity index (χ0n) is 34.8. The van der Waals surface area contributed by atoms with Crippen molar-refractivity contribution >= 4 is 0 Å². The highest BCUT2D eigenvalue weighted by Crippen LogP contribution is 2.34. The van der Waals surface area contributed by atoms with E-state index in [4.69, 9.17) is 18.9 Å². The lowest BCUT2D eigenvalue weighted by Crippen LogP contribution is -2.35. The third-order valence-corrected chi connectivity index (χ3v) is 10.7. The molecule has 2 aliphatic rings. The van der Waals surface area contributed by atoms with Gasteiger partial charge in [-0.15, -0.1) is 0 Å². The number of hydrogen-bond donors (Lipinski definition) is 2. The second-order valence-corrected chi connectivity index (χ2v) is 16.6. The lowest BCUT2D eigenvalue weighted by molar-refractivity contribution is -0.156. The molecular formula is C44H88O6. The Balaban J connectivity index is 0.000000500. The van der Waals surface area contributed by atoms with Gasteiger partial charge in [0.1, 0.15) is 12.2 Å². The van der Waals surface area contributed by atoms with Gasteiger partial charge >= 0.3 is 0 Å². The van der Waals surface area contributed by atoms with Gasteiger partial charge in [-0.3, -0.25) is 0 Å². The van der Waals surface area contributed by atoms with E-state index in [0.29, 0.717) is 0 Å². The molecule has 6 heteroatoms. The van der Waals surface area contributed by atoms with Crippen molar-refractivity contribution in [2.75, 3.05) is 0 Å². The Morgan fingerprint density at radius 1 is 0.380 bits per heavy atom. The number of ether oxygens (including phenoxy) is 4. The number of rotatable bonds is 30. The summed E-state index contributed by atoms with van der Waals surface area (Å²) in [6, 6.07) is 0. The fourth-order valence-electron chi connectivity index (χ4n) is 7.66. The normalized spacial score (nSPS) is 23.9. The van der Waals surface area contributed by atoms with Crippen molar-refractivity contribution in [3.63, 3.8) is 0 Å². The Kier molecular flexibility index (Phi) is 27.9. The summed E-state index contributed by atoms with van der Waals surface area (Å²) < 4.78 is 23.8. The first kappa shape index (κ1) is 47.8. The van der Waals surface area contributed by atoms with Gasteiger partial charge in [-0.05, 0) is 53.4 Å². The number of hydrogen-bond acceptors (Lipinski definition) is 6. The van der Waals surface area contributed by atoms with Crippen LogP contribution in [0.25, 0.3) is 0 Å². The molecule has 2 N–H and O–H groups in total. The molecule has 0 radical (unpaired) electrons. The molecule has 2 heterocycles. The minimum atomic E-state index is -0.553. The highest BCUT2D eigenvalue weighted by Gasteiger charge is 2.44. The molecule has 0 aromatic carbocycles. The van der Waals surface area contributed by atoms with Crippen LogP contribution in [-0.2, 0) is 18.9 Å². The Labute approximate surface area is 311 Å². The summed E-state index contributed by atoms with van der Waals surface area (Å²) in [5.74, 6) is -1.11. The van der Waals surface area contributed by atoms with Crippen LogP contribution < -0.4 is 0 Å². The molecule has 0 aromatic heterocycles. The summed E-state index contributed by atoms with van der Waals surface area (Å²) in [6.07, 6.45) is 35.2. The molecule has 0 amide bonds. The van der Waals surface area contributed by atoms with Crippen LogP contribution >= 0.6 is 0 Å². The maximum Gasteiger partial charge on any atom is 0.163 e. The van der Waals surface area contributed by atoms with E-state index in [1.807, 2.05) is 41.5 Å². The molecule has 2 aliphatic heterocycles. The third kappa shape index (κ3) is 22.7. The predicted molar refractivity (Wildman–Crippen MR) is 212 cm³/mol. The smallest absolute Gasteiger partial charge is 0.163 e. The molecule has 0 bridgehead atoms. The minimum absolute atomic E-state index is 0.0491. The average molecular weight is 713 g/mol. The van der Waals surface area contributed by atoms with Crippen LogP contribution in [0.1, 0.15) is 235 Å². The van der Waals surface area contributed by atoms with Gasteiger partial charge in [0.15, 0.2) is 11.6 Å². The molecule has 50 heavy (non-hydrogen) atoms. The van der Waals surface area contributed by atoms with Gasteiger partial charge in [-0.1, -0.05) is 182 Å². The zero-order chi connectivity index (χ0) is 37.1. The first-order chi connectivity index (χ1) is 24.0. The van der Waals surface area contributed by atoms with Gasteiger partial charge in [-0.25, -0.2) is 0 Å². The van der Waals surface area contributed by atoms with E-state index in [2.05, 4.69) is 13.8 Å². The van der Waals surface area contributed by atoms with Gasteiger partial charge < -0.3 is 29.2 Å². The molecule has 0 spiro atoms. The largest absolute Gasteiger partial charge is 0.390 e. The monoisotopic (exact) mass is 713 g/mol. The first-order valence-corrected chi connectivity index (χ1v) is 22.1. The van der Waals surface area contributed by atoms with Crippen molar-refractivity contribution in [1.29, 1.82) is 0 Å². The van der Waals surface area contributed by atoms with Crippen molar-refractivity contribution in [1.82, 2.24) is 0 Å². The van der Waals surface area contributed by atoms with Gasteiger partial charge in [0.2, 0.25) is 0 Å². The topological polar surface area (TPSA) is 77.4 Å². The second kappa shape index (κ2) is 29.2. The molecule has 6 atom stereocenters. The zero-order valence-corrected chi connectivity index (χ0v) is 34.8. The number of aliphatic hydroxyl groups is 2. The van der Waals surface area contributed by atoms with E-state index in [1.54, 1.807) is 0 Å². The van der Waals surface area contributed by atoms with Crippen molar-refractivity contribution in [3.05, 3.63) is 0 Å².